The molecule has 8 nitrogen and oxygen atoms in total. The number of hydrogen-bond donors (Lipinski definition) is 3. The number of aromatic amines is 1. The largest absolute Gasteiger partial charge is 0.390 e. The predicted molar refractivity (Wildman–Crippen MR) is 126 cm³/mol. The molecule has 1 saturated carbocycles. The van der Waals surface area contributed by atoms with Gasteiger partial charge in [-0.1, -0.05) is 38.7 Å². The summed E-state index contributed by atoms with van der Waals surface area (Å²) in [5.74, 6) is -0.130. The van der Waals surface area contributed by atoms with E-state index >= 15 is 0 Å². The van der Waals surface area contributed by atoms with Crippen molar-refractivity contribution in [1.82, 2.24) is 20.1 Å². The van der Waals surface area contributed by atoms with Gasteiger partial charge in [-0.25, -0.2) is 0 Å². The number of nitrogens with zero attached hydrogens (tertiary/aromatic N) is 2. The van der Waals surface area contributed by atoms with Crippen molar-refractivity contribution in [2.45, 2.75) is 94.9 Å². The van der Waals surface area contributed by atoms with Crippen LogP contribution < -0.4 is 10.9 Å². The molecule has 1 aliphatic carbocycles. The zero-order valence-electron chi connectivity index (χ0n) is 19.8. The number of H-pyrrole nitrogens is 1. The Morgan fingerprint density at radius 3 is 2.48 bits per heavy atom. The number of pyridine rings is 1. The molecule has 2 saturated heterocycles. The lowest BCUT2D eigenvalue weighted by atomic mass is 9.77. The quantitative estimate of drug-likeness (QED) is 0.579. The van der Waals surface area contributed by atoms with E-state index in [9.17, 15) is 19.5 Å². The van der Waals surface area contributed by atoms with Crippen LogP contribution in [0.4, 0.5) is 0 Å². The van der Waals surface area contributed by atoms with Gasteiger partial charge in [0.1, 0.15) is 11.6 Å². The van der Waals surface area contributed by atoms with Gasteiger partial charge in [0.15, 0.2) is 0 Å². The van der Waals surface area contributed by atoms with E-state index in [4.69, 9.17) is 0 Å². The van der Waals surface area contributed by atoms with Crippen molar-refractivity contribution in [3.8, 4) is 0 Å². The zero-order chi connectivity index (χ0) is 23.5. The highest BCUT2D eigenvalue weighted by atomic mass is 16.3. The molecule has 1 aromatic heterocycles. The summed E-state index contributed by atoms with van der Waals surface area (Å²) in [6.45, 7) is 4.48. The SMILES string of the molecule is CCCCN1C(=O)[C@@H](CC2(O)CCCCC2)NC(=O)C12CCN(Cc1ccc[nH]c1=O)CC2. The minimum Gasteiger partial charge on any atom is -0.390 e. The molecule has 2 amide bonds. The lowest BCUT2D eigenvalue weighted by molar-refractivity contribution is -0.163. The Morgan fingerprint density at radius 1 is 1.09 bits per heavy atom. The molecular weight excluding hydrogens is 420 g/mol. The summed E-state index contributed by atoms with van der Waals surface area (Å²) in [5.41, 5.74) is -1.08. The molecule has 33 heavy (non-hydrogen) atoms. The number of amides is 2. The van der Waals surface area contributed by atoms with E-state index in [1.807, 2.05) is 17.0 Å². The molecule has 3 N–H and O–H groups in total. The maximum atomic E-state index is 13.6. The molecule has 1 aromatic rings. The third-order valence-electron chi connectivity index (χ3n) is 7.89. The van der Waals surface area contributed by atoms with Crippen molar-refractivity contribution in [3.63, 3.8) is 0 Å². The molecule has 1 atom stereocenters. The fourth-order valence-electron chi connectivity index (χ4n) is 5.85. The Morgan fingerprint density at radius 2 is 1.82 bits per heavy atom. The Kier molecular flexibility index (Phi) is 7.24. The minimum atomic E-state index is -0.862. The third kappa shape index (κ3) is 5.01. The molecule has 1 spiro atoms. The van der Waals surface area contributed by atoms with E-state index in [0.717, 1.165) is 32.1 Å². The van der Waals surface area contributed by atoms with Crippen molar-refractivity contribution in [1.29, 1.82) is 0 Å². The third-order valence-corrected chi connectivity index (χ3v) is 7.89. The number of hydrogen-bond acceptors (Lipinski definition) is 5. The number of likely N-dealkylation sites (tertiary alicyclic amines) is 1. The van der Waals surface area contributed by atoms with Crippen LogP contribution >= 0.6 is 0 Å². The standard InChI is InChI=1S/C25H38N4O4/c1-2-3-14-29-22(31)20(17-24(33)9-5-4-6-10-24)27-23(32)25(29)11-15-28(16-12-25)18-19-8-7-13-26-21(19)30/h7-8,13,20,33H,2-6,9-12,14-18H2,1H3,(H,26,30)(H,27,32)/t20-/m1/s1. The van der Waals surface area contributed by atoms with Crippen LogP contribution in [0.15, 0.2) is 23.1 Å². The first-order valence-corrected chi connectivity index (χ1v) is 12.6. The van der Waals surface area contributed by atoms with Gasteiger partial charge < -0.3 is 20.3 Å². The maximum Gasteiger partial charge on any atom is 0.252 e. The molecule has 8 heteroatoms. The second-order valence-electron chi connectivity index (χ2n) is 10.2. The Hall–Kier alpha value is -2.19. The lowest BCUT2D eigenvalue weighted by Gasteiger charge is -2.52. The summed E-state index contributed by atoms with van der Waals surface area (Å²) in [4.78, 5) is 45.9. The molecule has 4 rings (SSSR count). The Labute approximate surface area is 195 Å². The first kappa shape index (κ1) is 24.0. The second-order valence-corrected chi connectivity index (χ2v) is 10.2. The first-order chi connectivity index (χ1) is 15.9. The van der Waals surface area contributed by atoms with Crippen LogP contribution in [0, 0.1) is 0 Å². The van der Waals surface area contributed by atoms with E-state index in [1.54, 1.807) is 6.20 Å². The number of carbonyl (C=O) groups excluding carboxylic acids is 2. The molecule has 0 radical (unpaired) electrons. The van der Waals surface area contributed by atoms with Crippen molar-refractivity contribution < 1.29 is 14.7 Å². The Balaban J connectivity index is 1.48. The van der Waals surface area contributed by atoms with Crippen LogP contribution in [0.25, 0.3) is 0 Å². The highest BCUT2D eigenvalue weighted by molar-refractivity contribution is 6.00. The predicted octanol–water partition coefficient (Wildman–Crippen LogP) is 1.92. The van der Waals surface area contributed by atoms with Crippen LogP contribution in [0.1, 0.15) is 76.7 Å². The van der Waals surface area contributed by atoms with Gasteiger partial charge in [0, 0.05) is 44.4 Å². The average Bonchev–Trinajstić information content (AvgIpc) is 2.80. The van der Waals surface area contributed by atoms with E-state index in [0.29, 0.717) is 63.8 Å². The van der Waals surface area contributed by atoms with Crippen LogP contribution in [0.5, 0.6) is 0 Å². The number of piperazine rings is 1. The Bertz CT molecular complexity index is 900. The maximum absolute atomic E-state index is 13.6. The molecule has 182 valence electrons. The van der Waals surface area contributed by atoms with E-state index in [-0.39, 0.29) is 17.4 Å². The topological polar surface area (TPSA) is 106 Å². The van der Waals surface area contributed by atoms with Gasteiger partial charge in [-0.3, -0.25) is 19.3 Å². The van der Waals surface area contributed by atoms with Crippen LogP contribution in [0.2, 0.25) is 0 Å². The molecule has 3 aliphatic rings. The van der Waals surface area contributed by atoms with Crippen molar-refractivity contribution in [2.24, 2.45) is 0 Å². The fraction of sp³-hybridized carbons (Fsp3) is 0.720. The number of piperidine rings is 1. The van der Waals surface area contributed by atoms with Crippen molar-refractivity contribution >= 4 is 11.8 Å². The number of rotatable bonds is 7. The number of aromatic nitrogens is 1. The molecule has 3 heterocycles. The van der Waals surface area contributed by atoms with Crippen LogP contribution in [-0.4, -0.2) is 68.5 Å². The highest BCUT2D eigenvalue weighted by Crippen LogP contribution is 2.37. The fourth-order valence-corrected chi connectivity index (χ4v) is 5.85. The first-order valence-electron chi connectivity index (χ1n) is 12.6. The normalized spacial score (nSPS) is 25.3. The lowest BCUT2D eigenvalue weighted by Crippen LogP contribution is -2.73. The van der Waals surface area contributed by atoms with E-state index in [1.165, 1.54) is 0 Å². The molecular formula is C25H38N4O4. The van der Waals surface area contributed by atoms with Crippen molar-refractivity contribution in [2.75, 3.05) is 19.6 Å². The van der Waals surface area contributed by atoms with Gasteiger partial charge in [-0.2, -0.15) is 0 Å². The van der Waals surface area contributed by atoms with Crippen LogP contribution in [-0.2, 0) is 16.1 Å². The number of carbonyl (C=O) groups is 2. The second kappa shape index (κ2) is 9.97. The highest BCUT2D eigenvalue weighted by Gasteiger charge is 2.54. The smallest absolute Gasteiger partial charge is 0.252 e. The molecule has 0 aromatic carbocycles. The van der Waals surface area contributed by atoms with Gasteiger partial charge in [0.2, 0.25) is 11.8 Å². The summed E-state index contributed by atoms with van der Waals surface area (Å²) in [5, 5.41) is 14.0. The molecule has 3 fully saturated rings. The van der Waals surface area contributed by atoms with E-state index < -0.39 is 17.2 Å². The van der Waals surface area contributed by atoms with Crippen molar-refractivity contribution in [3.05, 3.63) is 34.2 Å². The van der Waals surface area contributed by atoms with Gasteiger partial charge >= 0.3 is 0 Å². The van der Waals surface area contributed by atoms with Gasteiger partial charge in [0.25, 0.3) is 5.56 Å². The van der Waals surface area contributed by atoms with E-state index in [2.05, 4.69) is 22.1 Å². The van der Waals surface area contributed by atoms with Gasteiger partial charge in [-0.15, -0.1) is 0 Å². The number of unbranched alkanes of at least 4 members (excludes halogenated alkanes) is 1. The zero-order valence-corrected chi connectivity index (χ0v) is 19.8. The minimum absolute atomic E-state index is 0.0463. The van der Waals surface area contributed by atoms with Gasteiger partial charge in [-0.05, 0) is 38.2 Å². The number of nitrogens with one attached hydrogen (secondary N) is 2. The van der Waals surface area contributed by atoms with Gasteiger partial charge in [0.05, 0.1) is 5.60 Å². The van der Waals surface area contributed by atoms with Crippen LogP contribution in [0.3, 0.4) is 0 Å². The summed E-state index contributed by atoms with van der Waals surface area (Å²) >= 11 is 0. The average molecular weight is 459 g/mol. The molecule has 2 aliphatic heterocycles. The summed E-state index contributed by atoms with van der Waals surface area (Å²) in [7, 11) is 0. The molecule has 0 unspecified atom stereocenters. The summed E-state index contributed by atoms with van der Waals surface area (Å²) in [6, 6.07) is 3.00. The summed E-state index contributed by atoms with van der Waals surface area (Å²) in [6.07, 6.45) is 9.26. The summed E-state index contributed by atoms with van der Waals surface area (Å²) < 4.78 is 0. The monoisotopic (exact) mass is 458 g/mol. The number of aliphatic hydroxyl groups is 1. The molecule has 0 bridgehead atoms.